The van der Waals surface area contributed by atoms with Crippen LogP contribution in [-0.4, -0.2) is 35.8 Å². The fourth-order valence-corrected chi connectivity index (χ4v) is 2.13. The lowest BCUT2D eigenvalue weighted by atomic mass is 10.2. The first-order valence-electron chi connectivity index (χ1n) is 6.58. The van der Waals surface area contributed by atoms with Crippen molar-refractivity contribution in [2.75, 3.05) is 18.0 Å². The van der Waals surface area contributed by atoms with Gasteiger partial charge < -0.3 is 15.0 Å². The highest BCUT2D eigenvalue weighted by Crippen LogP contribution is 2.19. The van der Waals surface area contributed by atoms with Crippen molar-refractivity contribution in [1.29, 1.82) is 0 Å². The number of ether oxygens (including phenoxy) is 1. The Hall–Kier alpha value is -1.78. The van der Waals surface area contributed by atoms with E-state index in [1.807, 2.05) is 39.1 Å². The Morgan fingerprint density at radius 3 is 2.95 bits per heavy atom. The van der Waals surface area contributed by atoms with Gasteiger partial charge in [-0.05, 0) is 39.3 Å². The summed E-state index contributed by atoms with van der Waals surface area (Å²) in [5.41, 5.74) is 0.641. The predicted octanol–water partition coefficient (Wildman–Crippen LogP) is 2.19. The molecule has 2 heterocycles. The SMILES string of the molecule is CC(C)(C)OC(=O)NC1CCN(c2cccnc2)C1. The molecule has 2 rings (SSSR count). The van der Waals surface area contributed by atoms with Gasteiger partial charge in [-0.1, -0.05) is 0 Å². The van der Waals surface area contributed by atoms with Gasteiger partial charge in [0.25, 0.3) is 0 Å². The van der Waals surface area contributed by atoms with Crippen LogP contribution in [0.15, 0.2) is 24.5 Å². The summed E-state index contributed by atoms with van der Waals surface area (Å²) in [5, 5.41) is 2.91. The first-order chi connectivity index (χ1) is 8.94. The second-order valence-corrected chi connectivity index (χ2v) is 5.79. The number of aromatic nitrogens is 1. The molecule has 0 radical (unpaired) electrons. The summed E-state index contributed by atoms with van der Waals surface area (Å²) < 4.78 is 5.26. The minimum absolute atomic E-state index is 0.134. The Balaban J connectivity index is 1.84. The van der Waals surface area contributed by atoms with Gasteiger partial charge in [0.1, 0.15) is 5.60 Å². The van der Waals surface area contributed by atoms with E-state index in [2.05, 4.69) is 15.2 Å². The minimum Gasteiger partial charge on any atom is -0.444 e. The summed E-state index contributed by atoms with van der Waals surface area (Å²) in [4.78, 5) is 18.0. The molecule has 1 atom stereocenters. The molecule has 1 fully saturated rings. The van der Waals surface area contributed by atoms with Crippen molar-refractivity contribution in [1.82, 2.24) is 10.3 Å². The second kappa shape index (κ2) is 5.47. The molecular formula is C14H21N3O2. The van der Waals surface area contributed by atoms with Gasteiger partial charge in [-0.3, -0.25) is 4.98 Å². The van der Waals surface area contributed by atoms with Crippen molar-refractivity contribution >= 4 is 11.8 Å². The van der Waals surface area contributed by atoms with Crippen LogP contribution in [0, 0.1) is 0 Å². The molecule has 0 spiro atoms. The van der Waals surface area contributed by atoms with Gasteiger partial charge in [-0.2, -0.15) is 0 Å². The summed E-state index contributed by atoms with van der Waals surface area (Å²) >= 11 is 0. The molecule has 1 unspecified atom stereocenters. The number of amides is 1. The minimum atomic E-state index is -0.453. The monoisotopic (exact) mass is 263 g/mol. The van der Waals surface area contributed by atoms with E-state index < -0.39 is 5.60 Å². The van der Waals surface area contributed by atoms with E-state index in [0.29, 0.717) is 0 Å². The summed E-state index contributed by atoms with van der Waals surface area (Å²) in [6, 6.07) is 4.09. The Morgan fingerprint density at radius 2 is 2.32 bits per heavy atom. The first kappa shape index (κ1) is 13.6. The summed E-state index contributed by atoms with van der Waals surface area (Å²) in [7, 11) is 0. The molecule has 19 heavy (non-hydrogen) atoms. The third kappa shape index (κ3) is 4.12. The Labute approximate surface area is 114 Å². The summed E-state index contributed by atoms with van der Waals surface area (Å²) in [6.07, 6.45) is 4.19. The largest absolute Gasteiger partial charge is 0.444 e. The van der Waals surface area contributed by atoms with E-state index in [9.17, 15) is 4.79 Å². The zero-order valence-electron chi connectivity index (χ0n) is 11.7. The van der Waals surface area contributed by atoms with Crippen LogP contribution in [0.4, 0.5) is 10.5 Å². The predicted molar refractivity (Wildman–Crippen MR) is 74.2 cm³/mol. The molecule has 0 aromatic carbocycles. The molecule has 1 aromatic heterocycles. The normalized spacial score (nSPS) is 19.3. The number of carbonyl (C=O) groups is 1. The van der Waals surface area contributed by atoms with Crippen LogP contribution in [0.3, 0.4) is 0 Å². The van der Waals surface area contributed by atoms with Crippen molar-refractivity contribution in [2.45, 2.75) is 38.8 Å². The lowest BCUT2D eigenvalue weighted by molar-refractivity contribution is 0.0509. The fourth-order valence-electron chi connectivity index (χ4n) is 2.13. The van der Waals surface area contributed by atoms with Gasteiger partial charge >= 0.3 is 6.09 Å². The fraction of sp³-hybridized carbons (Fsp3) is 0.571. The molecule has 0 bridgehead atoms. The van der Waals surface area contributed by atoms with Crippen LogP contribution in [-0.2, 0) is 4.74 Å². The molecular weight excluding hydrogens is 242 g/mol. The number of nitrogens with zero attached hydrogens (tertiary/aromatic N) is 2. The van der Waals surface area contributed by atoms with Gasteiger partial charge in [0.05, 0.1) is 17.9 Å². The zero-order valence-corrected chi connectivity index (χ0v) is 11.7. The molecule has 0 aliphatic carbocycles. The Kier molecular flexibility index (Phi) is 3.93. The molecule has 104 valence electrons. The number of hydrogen-bond donors (Lipinski definition) is 1. The van der Waals surface area contributed by atoms with E-state index >= 15 is 0 Å². The van der Waals surface area contributed by atoms with Gasteiger partial charge in [0.15, 0.2) is 0 Å². The number of hydrogen-bond acceptors (Lipinski definition) is 4. The van der Waals surface area contributed by atoms with Crippen molar-refractivity contribution in [3.05, 3.63) is 24.5 Å². The number of carbonyl (C=O) groups excluding carboxylic acids is 1. The summed E-state index contributed by atoms with van der Waals surface area (Å²) in [6.45, 7) is 7.31. The topological polar surface area (TPSA) is 54.5 Å². The van der Waals surface area contributed by atoms with Gasteiger partial charge in [-0.15, -0.1) is 0 Å². The van der Waals surface area contributed by atoms with E-state index in [4.69, 9.17) is 4.74 Å². The molecule has 1 aliphatic rings. The standard InChI is InChI=1S/C14H21N3O2/c1-14(2,3)19-13(18)16-11-6-8-17(10-11)12-5-4-7-15-9-12/h4-5,7,9,11H,6,8,10H2,1-3H3,(H,16,18). The van der Waals surface area contributed by atoms with Gasteiger partial charge in [0, 0.05) is 19.3 Å². The average molecular weight is 263 g/mol. The highest BCUT2D eigenvalue weighted by Gasteiger charge is 2.26. The lowest BCUT2D eigenvalue weighted by Gasteiger charge is -2.22. The van der Waals surface area contributed by atoms with Crippen molar-refractivity contribution in [3.63, 3.8) is 0 Å². The van der Waals surface area contributed by atoms with Crippen molar-refractivity contribution < 1.29 is 9.53 Å². The molecule has 0 saturated carbocycles. The van der Waals surface area contributed by atoms with Crippen LogP contribution in [0.25, 0.3) is 0 Å². The Morgan fingerprint density at radius 1 is 1.53 bits per heavy atom. The van der Waals surface area contributed by atoms with Crippen LogP contribution in [0.1, 0.15) is 27.2 Å². The van der Waals surface area contributed by atoms with Gasteiger partial charge in [0.2, 0.25) is 0 Å². The maximum absolute atomic E-state index is 11.7. The number of rotatable bonds is 2. The first-order valence-corrected chi connectivity index (χ1v) is 6.58. The number of pyridine rings is 1. The third-order valence-corrected chi connectivity index (χ3v) is 2.92. The van der Waals surface area contributed by atoms with Crippen LogP contribution < -0.4 is 10.2 Å². The molecule has 1 aromatic rings. The maximum Gasteiger partial charge on any atom is 0.407 e. The number of anilines is 1. The molecule has 5 heteroatoms. The average Bonchev–Trinajstić information content (AvgIpc) is 2.76. The maximum atomic E-state index is 11.7. The van der Waals surface area contributed by atoms with Crippen LogP contribution in [0.2, 0.25) is 0 Å². The lowest BCUT2D eigenvalue weighted by Crippen LogP contribution is -2.40. The van der Waals surface area contributed by atoms with E-state index in [-0.39, 0.29) is 12.1 Å². The molecule has 5 nitrogen and oxygen atoms in total. The van der Waals surface area contributed by atoms with Crippen molar-refractivity contribution in [2.24, 2.45) is 0 Å². The second-order valence-electron chi connectivity index (χ2n) is 5.79. The Bertz CT molecular complexity index is 428. The van der Waals surface area contributed by atoms with Crippen LogP contribution in [0.5, 0.6) is 0 Å². The quantitative estimate of drug-likeness (QED) is 0.888. The smallest absolute Gasteiger partial charge is 0.407 e. The third-order valence-electron chi connectivity index (χ3n) is 2.92. The zero-order chi connectivity index (χ0) is 13.9. The highest BCUT2D eigenvalue weighted by atomic mass is 16.6. The van der Waals surface area contributed by atoms with E-state index in [1.165, 1.54) is 0 Å². The molecule has 1 amide bonds. The summed E-state index contributed by atoms with van der Waals surface area (Å²) in [5.74, 6) is 0. The van der Waals surface area contributed by atoms with Gasteiger partial charge in [-0.25, -0.2) is 4.79 Å². The van der Waals surface area contributed by atoms with Crippen LogP contribution >= 0.6 is 0 Å². The van der Waals surface area contributed by atoms with Crippen molar-refractivity contribution in [3.8, 4) is 0 Å². The van der Waals surface area contributed by atoms with E-state index in [0.717, 1.165) is 25.2 Å². The molecule has 1 aliphatic heterocycles. The molecule has 1 N–H and O–H groups in total. The van der Waals surface area contributed by atoms with E-state index in [1.54, 1.807) is 6.20 Å². The molecule has 1 saturated heterocycles. The number of alkyl carbamates (subject to hydrolysis) is 1. The number of nitrogens with one attached hydrogen (secondary N) is 1. The highest BCUT2D eigenvalue weighted by molar-refractivity contribution is 5.68.